The van der Waals surface area contributed by atoms with Crippen molar-refractivity contribution in [2.75, 3.05) is 6.61 Å². The highest BCUT2D eigenvalue weighted by atomic mass is 16.7. The third kappa shape index (κ3) is 7.76. The summed E-state index contributed by atoms with van der Waals surface area (Å²) < 4.78 is 10.8. The Labute approximate surface area is 198 Å². The molecular formula is C28H40O5. The molecule has 1 aliphatic carbocycles. The summed E-state index contributed by atoms with van der Waals surface area (Å²) in [4.78, 5) is 24.3. The first-order valence-corrected chi connectivity index (χ1v) is 12.2. The van der Waals surface area contributed by atoms with Gasteiger partial charge in [-0.15, -0.1) is 0 Å². The highest BCUT2D eigenvalue weighted by Gasteiger charge is 2.40. The highest BCUT2D eigenvalue weighted by molar-refractivity contribution is 5.91. The number of para-hydroxylation sites is 1. The molecule has 3 atom stereocenters. The average Bonchev–Trinajstić information content (AvgIpc) is 2.75. The minimum atomic E-state index is -0.861. The van der Waals surface area contributed by atoms with Crippen LogP contribution in [0.3, 0.4) is 0 Å². The predicted octanol–water partition coefficient (Wildman–Crippen LogP) is 7.43. The fraction of sp³-hybridized carbons (Fsp3) is 0.571. The second-order valence-electron chi connectivity index (χ2n) is 9.85. The van der Waals surface area contributed by atoms with Crippen LogP contribution in [0, 0.1) is 23.2 Å². The van der Waals surface area contributed by atoms with E-state index >= 15 is 0 Å². The Morgan fingerprint density at radius 2 is 1.82 bits per heavy atom. The third-order valence-corrected chi connectivity index (χ3v) is 6.49. The summed E-state index contributed by atoms with van der Waals surface area (Å²) in [7, 11) is 0. The highest BCUT2D eigenvalue weighted by Crippen LogP contribution is 2.48. The maximum atomic E-state index is 12.3. The second kappa shape index (κ2) is 12.6. The predicted molar refractivity (Wildman–Crippen MR) is 131 cm³/mol. The van der Waals surface area contributed by atoms with Crippen molar-refractivity contribution in [1.82, 2.24) is 0 Å². The van der Waals surface area contributed by atoms with Gasteiger partial charge in [0, 0.05) is 0 Å². The Hall–Kier alpha value is -2.56. The van der Waals surface area contributed by atoms with Crippen molar-refractivity contribution < 1.29 is 24.2 Å². The molecule has 1 aromatic carbocycles. The van der Waals surface area contributed by atoms with Gasteiger partial charge in [0.25, 0.3) is 0 Å². The second-order valence-corrected chi connectivity index (χ2v) is 9.85. The fourth-order valence-corrected chi connectivity index (χ4v) is 5.00. The summed E-state index contributed by atoms with van der Waals surface area (Å²) in [5.74, 6) is 0.177. The van der Waals surface area contributed by atoms with Crippen molar-refractivity contribution in [1.29, 1.82) is 0 Å². The van der Waals surface area contributed by atoms with Crippen LogP contribution in [-0.4, -0.2) is 23.8 Å². The van der Waals surface area contributed by atoms with E-state index in [9.17, 15) is 14.7 Å². The van der Waals surface area contributed by atoms with E-state index in [2.05, 4.69) is 40.7 Å². The quantitative estimate of drug-likeness (QED) is 0.261. The van der Waals surface area contributed by atoms with Crippen LogP contribution in [0.15, 0.2) is 53.6 Å². The summed E-state index contributed by atoms with van der Waals surface area (Å²) in [5, 5.41) is 9.90. The zero-order chi connectivity index (χ0) is 24.4. The zero-order valence-electron chi connectivity index (χ0n) is 20.8. The lowest BCUT2D eigenvalue weighted by molar-refractivity contribution is -0.132. The Kier molecular flexibility index (Phi) is 10.2. The molecule has 0 aliphatic heterocycles. The van der Waals surface area contributed by atoms with Crippen LogP contribution in [0.4, 0.5) is 4.79 Å². The molecule has 0 bridgehead atoms. The molecule has 0 saturated heterocycles. The van der Waals surface area contributed by atoms with Crippen molar-refractivity contribution in [3.8, 4) is 5.75 Å². The Morgan fingerprint density at radius 3 is 2.39 bits per heavy atom. The van der Waals surface area contributed by atoms with Gasteiger partial charge in [0.05, 0.1) is 12.2 Å². The van der Waals surface area contributed by atoms with Gasteiger partial charge >= 0.3 is 12.1 Å². The van der Waals surface area contributed by atoms with Crippen molar-refractivity contribution in [2.24, 2.45) is 23.2 Å². The molecule has 1 aromatic rings. The number of ether oxygens (including phenoxy) is 2. The number of carbonyl (C=O) groups is 2. The molecule has 0 aromatic heterocycles. The molecule has 182 valence electrons. The van der Waals surface area contributed by atoms with E-state index in [-0.39, 0.29) is 23.9 Å². The topological polar surface area (TPSA) is 72.8 Å². The van der Waals surface area contributed by atoms with Crippen LogP contribution < -0.4 is 4.74 Å². The third-order valence-electron chi connectivity index (χ3n) is 6.49. The number of hydrogen-bond donors (Lipinski definition) is 1. The Bertz CT molecular complexity index is 839. The summed E-state index contributed by atoms with van der Waals surface area (Å²) in [5.41, 5.74) is 1.35. The first kappa shape index (κ1) is 26.7. The van der Waals surface area contributed by atoms with Crippen LogP contribution in [-0.2, 0) is 9.53 Å². The molecule has 33 heavy (non-hydrogen) atoms. The van der Waals surface area contributed by atoms with Gasteiger partial charge in [-0.3, -0.25) is 0 Å². The van der Waals surface area contributed by atoms with E-state index in [4.69, 9.17) is 9.47 Å². The average molecular weight is 457 g/mol. The summed E-state index contributed by atoms with van der Waals surface area (Å²) in [6.07, 6.45) is 8.62. The van der Waals surface area contributed by atoms with Gasteiger partial charge in [-0.05, 0) is 61.0 Å². The largest absolute Gasteiger partial charge is 0.513 e. The van der Waals surface area contributed by atoms with Gasteiger partial charge in [-0.25, -0.2) is 9.59 Å². The van der Waals surface area contributed by atoms with Crippen LogP contribution in [0.2, 0.25) is 0 Å². The zero-order valence-corrected chi connectivity index (χ0v) is 20.8. The molecule has 0 radical (unpaired) electrons. The molecule has 5 heteroatoms. The molecular weight excluding hydrogens is 416 g/mol. The van der Waals surface area contributed by atoms with E-state index in [0.29, 0.717) is 17.2 Å². The number of carbonyl (C=O) groups excluding carboxylic acids is 1. The fourth-order valence-electron chi connectivity index (χ4n) is 5.00. The monoisotopic (exact) mass is 456 g/mol. The smallest absolute Gasteiger partial charge is 0.478 e. The van der Waals surface area contributed by atoms with Gasteiger partial charge < -0.3 is 14.6 Å². The van der Waals surface area contributed by atoms with Gasteiger partial charge in [-0.2, -0.15) is 0 Å². The normalized spacial score (nSPS) is 21.2. The first-order chi connectivity index (χ1) is 15.7. The Balaban J connectivity index is 2.23. The molecule has 0 fully saturated rings. The van der Waals surface area contributed by atoms with Gasteiger partial charge in [0.15, 0.2) is 0 Å². The lowest BCUT2D eigenvalue weighted by atomic mass is 9.62. The van der Waals surface area contributed by atoms with Crippen LogP contribution in [0.1, 0.15) is 73.1 Å². The molecule has 0 heterocycles. The van der Waals surface area contributed by atoms with E-state index in [1.54, 1.807) is 24.3 Å². The molecule has 2 rings (SSSR count). The summed E-state index contributed by atoms with van der Waals surface area (Å²) in [6, 6.07) is 8.89. The standard InChI is InChI=1S/C28H40O5/c1-6-11-21(19-32-27(31)33-22-12-9-8-10-13-22)18-25-24(17-20(3)4)23(26(29)30)14-16-28(25,5)15-7-2/h8-10,12-14,16,20-21,25H,6-7,11,15,17-19H2,1-5H3,(H,29,30). The van der Waals surface area contributed by atoms with Crippen molar-refractivity contribution in [2.45, 2.75) is 73.1 Å². The lowest BCUT2D eigenvalue weighted by Gasteiger charge is -2.42. The molecule has 0 saturated carbocycles. The first-order valence-electron chi connectivity index (χ1n) is 12.2. The minimum absolute atomic E-state index is 0.0984. The minimum Gasteiger partial charge on any atom is -0.478 e. The molecule has 1 N–H and O–H groups in total. The van der Waals surface area contributed by atoms with Crippen LogP contribution in [0.5, 0.6) is 5.75 Å². The van der Waals surface area contributed by atoms with Gasteiger partial charge in [-0.1, -0.05) is 83.4 Å². The number of carboxylic acid groups (broad SMARTS) is 1. The number of rotatable bonds is 12. The maximum Gasteiger partial charge on any atom is 0.513 e. The number of carboxylic acids is 1. The van der Waals surface area contributed by atoms with E-state index in [0.717, 1.165) is 44.1 Å². The van der Waals surface area contributed by atoms with Crippen molar-refractivity contribution in [3.05, 3.63) is 53.6 Å². The molecule has 3 unspecified atom stereocenters. The van der Waals surface area contributed by atoms with Gasteiger partial charge in [0.1, 0.15) is 5.75 Å². The summed E-state index contributed by atoms with van der Waals surface area (Å²) >= 11 is 0. The van der Waals surface area contributed by atoms with Gasteiger partial charge in [0.2, 0.25) is 0 Å². The molecule has 1 aliphatic rings. The van der Waals surface area contributed by atoms with E-state index < -0.39 is 12.1 Å². The molecule has 0 spiro atoms. The maximum absolute atomic E-state index is 12.3. The van der Waals surface area contributed by atoms with Crippen molar-refractivity contribution in [3.63, 3.8) is 0 Å². The van der Waals surface area contributed by atoms with Crippen LogP contribution >= 0.6 is 0 Å². The van der Waals surface area contributed by atoms with Crippen LogP contribution in [0.25, 0.3) is 0 Å². The molecule has 5 nitrogen and oxygen atoms in total. The number of aliphatic carboxylic acids is 1. The summed E-state index contributed by atoms with van der Waals surface area (Å²) in [6.45, 7) is 11.1. The number of benzene rings is 1. The van der Waals surface area contributed by atoms with E-state index in [1.165, 1.54) is 0 Å². The lowest BCUT2D eigenvalue weighted by Crippen LogP contribution is -2.34. The van der Waals surface area contributed by atoms with E-state index in [1.807, 2.05) is 12.1 Å². The van der Waals surface area contributed by atoms with Crippen molar-refractivity contribution >= 4 is 12.1 Å². The SMILES string of the molecule is CCCC(COC(=O)Oc1ccccc1)CC1C(CC(C)C)=C(C(=O)O)C=CC1(C)CCC. The Morgan fingerprint density at radius 1 is 1.12 bits per heavy atom. The number of allylic oxidation sites excluding steroid dienone is 2. The number of hydrogen-bond acceptors (Lipinski definition) is 4. The molecule has 0 amide bonds.